The summed E-state index contributed by atoms with van der Waals surface area (Å²) < 4.78 is 37.5. The Balaban J connectivity index is 2.35. The zero-order valence-corrected chi connectivity index (χ0v) is 14.0. The first kappa shape index (κ1) is 17.9. The number of nitrogens with zero attached hydrogens (tertiary/aromatic N) is 1. The molecule has 0 amide bonds. The van der Waals surface area contributed by atoms with Gasteiger partial charge in [0.15, 0.2) is 0 Å². The van der Waals surface area contributed by atoms with Crippen molar-refractivity contribution in [1.29, 1.82) is 0 Å². The van der Waals surface area contributed by atoms with Crippen LogP contribution >= 0.6 is 0 Å². The maximum Gasteiger partial charge on any atom is 0.335 e. The van der Waals surface area contributed by atoms with Crippen molar-refractivity contribution in [2.45, 2.75) is 24.3 Å². The molecule has 1 fully saturated rings. The molecule has 128 valence electrons. The molecule has 1 aliphatic rings. The highest BCUT2D eigenvalue weighted by Gasteiger charge is 2.34. The number of rotatable bonds is 6. The third kappa shape index (κ3) is 3.89. The first-order chi connectivity index (χ1) is 10.9. The summed E-state index contributed by atoms with van der Waals surface area (Å²) in [7, 11) is -2.22. The van der Waals surface area contributed by atoms with E-state index in [0.29, 0.717) is 31.8 Å². The van der Waals surface area contributed by atoms with Gasteiger partial charge in [-0.15, -0.1) is 0 Å². The van der Waals surface area contributed by atoms with E-state index in [-0.39, 0.29) is 23.0 Å². The van der Waals surface area contributed by atoms with Crippen molar-refractivity contribution in [3.63, 3.8) is 0 Å². The first-order valence-electron chi connectivity index (χ1n) is 7.30. The molecule has 23 heavy (non-hydrogen) atoms. The molecule has 1 aliphatic heterocycles. The first-order valence-corrected chi connectivity index (χ1v) is 8.74. The molecule has 2 rings (SSSR count). The molecule has 1 unspecified atom stereocenters. The second-order valence-electron chi connectivity index (χ2n) is 5.41. The van der Waals surface area contributed by atoms with Crippen molar-refractivity contribution in [2.75, 3.05) is 33.5 Å². The molecule has 8 heteroatoms. The highest BCUT2D eigenvalue weighted by atomic mass is 32.2. The Kier molecular flexibility index (Phi) is 5.74. The molecule has 0 bridgehead atoms. The number of carboxylic acid groups (broad SMARTS) is 1. The van der Waals surface area contributed by atoms with Gasteiger partial charge >= 0.3 is 5.97 Å². The van der Waals surface area contributed by atoms with Crippen LogP contribution in [0.25, 0.3) is 0 Å². The van der Waals surface area contributed by atoms with Gasteiger partial charge < -0.3 is 14.6 Å². The molecule has 0 aromatic heterocycles. The predicted octanol–water partition coefficient (Wildman–Crippen LogP) is 1.12. The molecule has 0 radical (unpaired) electrons. The molecular weight excluding hydrogens is 322 g/mol. The molecule has 0 spiro atoms. The van der Waals surface area contributed by atoms with Gasteiger partial charge in [-0.05, 0) is 31.0 Å². The molecule has 1 aromatic rings. The quantitative estimate of drug-likeness (QED) is 0.832. The average Bonchev–Trinajstić information content (AvgIpc) is 2.53. The van der Waals surface area contributed by atoms with Crippen LogP contribution in [-0.4, -0.2) is 63.3 Å². The van der Waals surface area contributed by atoms with Gasteiger partial charge in [0.1, 0.15) is 0 Å². The number of aromatic carboxylic acids is 1. The summed E-state index contributed by atoms with van der Waals surface area (Å²) in [6, 6.07) is 3.86. The molecule has 1 N–H and O–H groups in total. The van der Waals surface area contributed by atoms with E-state index in [2.05, 4.69) is 0 Å². The monoisotopic (exact) mass is 343 g/mol. The Bertz CT molecular complexity index is 673. The van der Waals surface area contributed by atoms with Crippen LogP contribution in [0.2, 0.25) is 0 Å². The van der Waals surface area contributed by atoms with E-state index in [4.69, 9.17) is 9.47 Å². The summed E-state index contributed by atoms with van der Waals surface area (Å²) in [6.07, 6.45) is 0.521. The number of carbonyl (C=O) groups is 1. The lowest BCUT2D eigenvalue weighted by Crippen LogP contribution is -2.49. The molecule has 1 saturated heterocycles. The van der Waals surface area contributed by atoms with Crippen molar-refractivity contribution in [3.8, 4) is 0 Å². The van der Waals surface area contributed by atoms with Crippen LogP contribution in [0.3, 0.4) is 0 Å². The molecule has 1 atom stereocenters. The van der Waals surface area contributed by atoms with Gasteiger partial charge in [-0.1, -0.05) is 6.07 Å². The Morgan fingerprint density at radius 2 is 2.22 bits per heavy atom. The summed E-state index contributed by atoms with van der Waals surface area (Å²) in [5.41, 5.74) is 0.516. The fourth-order valence-corrected chi connectivity index (χ4v) is 4.22. The summed E-state index contributed by atoms with van der Waals surface area (Å²) in [5, 5.41) is 9.19. The van der Waals surface area contributed by atoms with Crippen molar-refractivity contribution < 1.29 is 27.8 Å². The molecule has 7 nitrogen and oxygen atoms in total. The molecule has 1 aromatic carbocycles. The number of hydrogen-bond acceptors (Lipinski definition) is 5. The Morgan fingerprint density at radius 1 is 1.48 bits per heavy atom. The van der Waals surface area contributed by atoms with Crippen molar-refractivity contribution >= 4 is 16.0 Å². The Labute approximate surface area is 135 Å². The number of aryl methyl sites for hydroxylation is 1. The Hall–Kier alpha value is -1.48. The molecule has 0 aliphatic carbocycles. The molecule has 1 heterocycles. The highest BCUT2D eigenvalue weighted by molar-refractivity contribution is 7.89. The number of morpholine rings is 1. The number of benzene rings is 1. The van der Waals surface area contributed by atoms with E-state index in [9.17, 15) is 18.3 Å². The lowest BCUT2D eigenvalue weighted by Gasteiger charge is -2.34. The van der Waals surface area contributed by atoms with Crippen LogP contribution in [0.4, 0.5) is 0 Å². The Morgan fingerprint density at radius 3 is 2.87 bits per heavy atom. The van der Waals surface area contributed by atoms with E-state index < -0.39 is 16.0 Å². The third-order valence-corrected chi connectivity index (χ3v) is 5.82. The topological polar surface area (TPSA) is 93.1 Å². The smallest absolute Gasteiger partial charge is 0.335 e. The fraction of sp³-hybridized carbons (Fsp3) is 0.533. The second-order valence-corrected chi connectivity index (χ2v) is 7.30. The normalized spacial score (nSPS) is 19.7. The predicted molar refractivity (Wildman–Crippen MR) is 83.1 cm³/mol. The zero-order chi connectivity index (χ0) is 17.0. The van der Waals surface area contributed by atoms with Gasteiger partial charge in [0.2, 0.25) is 10.0 Å². The third-order valence-electron chi connectivity index (χ3n) is 3.87. The van der Waals surface area contributed by atoms with Crippen molar-refractivity contribution in [2.24, 2.45) is 0 Å². The maximum absolute atomic E-state index is 12.9. The largest absolute Gasteiger partial charge is 0.478 e. The minimum absolute atomic E-state index is 0.00669. The van der Waals surface area contributed by atoms with Crippen LogP contribution < -0.4 is 0 Å². The van der Waals surface area contributed by atoms with E-state index in [1.807, 2.05) is 0 Å². The van der Waals surface area contributed by atoms with E-state index in [1.165, 1.54) is 22.5 Å². The zero-order valence-electron chi connectivity index (χ0n) is 13.2. The van der Waals surface area contributed by atoms with Gasteiger partial charge in [0, 0.05) is 20.3 Å². The number of carboxylic acids is 1. The molecule has 0 saturated carbocycles. The minimum atomic E-state index is -3.78. The lowest BCUT2D eigenvalue weighted by atomic mass is 10.1. The number of methoxy groups -OCH3 is 1. The summed E-state index contributed by atoms with van der Waals surface area (Å²) >= 11 is 0. The van der Waals surface area contributed by atoms with Crippen LogP contribution in [0.5, 0.6) is 0 Å². The lowest BCUT2D eigenvalue weighted by molar-refractivity contribution is 0.0204. The van der Waals surface area contributed by atoms with Crippen LogP contribution in [-0.2, 0) is 19.5 Å². The highest BCUT2D eigenvalue weighted by Crippen LogP contribution is 2.24. The van der Waals surface area contributed by atoms with Gasteiger partial charge in [0.05, 0.1) is 29.7 Å². The van der Waals surface area contributed by atoms with Crippen molar-refractivity contribution in [1.82, 2.24) is 4.31 Å². The van der Waals surface area contributed by atoms with Gasteiger partial charge in [-0.3, -0.25) is 0 Å². The second kappa shape index (κ2) is 7.39. The SMILES string of the molecule is COCCC1COCCN1S(=O)(=O)c1ccc(C)c(C(=O)O)c1. The average molecular weight is 343 g/mol. The summed E-state index contributed by atoms with van der Waals surface area (Å²) in [6.45, 7) is 2.93. The number of ether oxygens (including phenoxy) is 2. The standard InChI is InChI=1S/C15H21NO6S/c1-11-3-4-13(9-14(11)15(17)18)23(19,20)16-6-8-22-10-12(16)5-7-21-2/h3-4,9,12H,5-8,10H2,1-2H3,(H,17,18). The van der Waals surface area contributed by atoms with E-state index in [0.717, 1.165) is 0 Å². The number of sulfonamides is 1. The van der Waals surface area contributed by atoms with E-state index >= 15 is 0 Å². The molecular formula is C15H21NO6S. The van der Waals surface area contributed by atoms with Crippen LogP contribution in [0.15, 0.2) is 23.1 Å². The van der Waals surface area contributed by atoms with Crippen LogP contribution in [0, 0.1) is 6.92 Å². The van der Waals surface area contributed by atoms with Gasteiger partial charge in [-0.2, -0.15) is 4.31 Å². The van der Waals surface area contributed by atoms with Crippen LogP contribution in [0.1, 0.15) is 22.3 Å². The summed E-state index contributed by atoms with van der Waals surface area (Å²) in [5.74, 6) is -1.14. The van der Waals surface area contributed by atoms with Gasteiger partial charge in [0.25, 0.3) is 0 Å². The summed E-state index contributed by atoms with van der Waals surface area (Å²) in [4.78, 5) is 11.2. The van der Waals surface area contributed by atoms with E-state index in [1.54, 1.807) is 14.0 Å². The van der Waals surface area contributed by atoms with Crippen molar-refractivity contribution in [3.05, 3.63) is 29.3 Å². The maximum atomic E-state index is 12.9. The number of hydrogen-bond donors (Lipinski definition) is 1. The minimum Gasteiger partial charge on any atom is -0.478 e. The van der Waals surface area contributed by atoms with Gasteiger partial charge in [-0.25, -0.2) is 13.2 Å². The fourth-order valence-electron chi connectivity index (χ4n) is 2.56.